The summed E-state index contributed by atoms with van der Waals surface area (Å²) < 4.78 is 11.6. The Morgan fingerprint density at radius 1 is 1.44 bits per heavy atom. The van der Waals surface area contributed by atoms with Crippen LogP contribution < -0.4 is 32.7 Å². The standard InChI is InChI=1S/C11H20IN2O2/c1-7-4-8(6-12-11(13)14)5-9(15-2)10(7)16-3/h5,8,11H,4,6,13-14H2,1-3H3/q-1/t8-/m1/s1. The normalized spacial score (nSPS) is 21.4. The Kier molecular flexibility index (Phi) is 5.57. The molecule has 0 aromatic carbocycles. The van der Waals surface area contributed by atoms with E-state index in [2.05, 4.69) is 13.0 Å². The summed E-state index contributed by atoms with van der Waals surface area (Å²) in [5, 5.41) is 0. The molecule has 1 aliphatic rings. The monoisotopic (exact) mass is 339 g/mol. The van der Waals surface area contributed by atoms with Gasteiger partial charge >= 0.3 is 107 Å². The van der Waals surface area contributed by atoms with Gasteiger partial charge in [-0.15, -0.1) is 0 Å². The summed E-state index contributed by atoms with van der Waals surface area (Å²) >= 11 is -0.131. The van der Waals surface area contributed by atoms with Crippen molar-refractivity contribution in [1.29, 1.82) is 0 Å². The van der Waals surface area contributed by atoms with E-state index in [4.69, 9.17) is 20.9 Å². The van der Waals surface area contributed by atoms with Gasteiger partial charge in [0.25, 0.3) is 0 Å². The zero-order valence-electron chi connectivity index (χ0n) is 10.00. The van der Waals surface area contributed by atoms with E-state index >= 15 is 0 Å². The van der Waals surface area contributed by atoms with Crippen molar-refractivity contribution < 1.29 is 30.7 Å². The average Bonchev–Trinajstić information content (AvgIpc) is 2.25. The molecule has 0 bridgehead atoms. The zero-order chi connectivity index (χ0) is 12.1. The first-order valence-corrected chi connectivity index (χ1v) is 7.94. The second-order valence-electron chi connectivity index (χ2n) is 3.77. The van der Waals surface area contributed by atoms with E-state index in [0.29, 0.717) is 5.92 Å². The van der Waals surface area contributed by atoms with Crippen molar-refractivity contribution in [3.05, 3.63) is 23.2 Å². The van der Waals surface area contributed by atoms with Crippen molar-refractivity contribution in [2.45, 2.75) is 17.5 Å². The molecule has 0 amide bonds. The van der Waals surface area contributed by atoms with E-state index < -0.39 is 0 Å². The van der Waals surface area contributed by atoms with Crippen molar-refractivity contribution in [2.75, 3.05) is 18.6 Å². The number of methoxy groups -OCH3 is 2. The fraction of sp³-hybridized carbons (Fsp3) is 0.636. The molecule has 4 nitrogen and oxygen atoms in total. The molecule has 0 spiro atoms. The van der Waals surface area contributed by atoms with Crippen LogP contribution in [0.2, 0.25) is 0 Å². The van der Waals surface area contributed by atoms with Gasteiger partial charge in [-0.1, -0.05) is 0 Å². The number of ether oxygens (including phenoxy) is 2. The van der Waals surface area contributed by atoms with Crippen molar-refractivity contribution in [3.8, 4) is 0 Å². The molecule has 94 valence electrons. The quantitative estimate of drug-likeness (QED) is 0.257. The molecule has 0 fully saturated rings. The summed E-state index contributed by atoms with van der Waals surface area (Å²) in [6.45, 7) is 2.08. The van der Waals surface area contributed by atoms with Gasteiger partial charge in [0.1, 0.15) is 0 Å². The fourth-order valence-electron chi connectivity index (χ4n) is 1.80. The van der Waals surface area contributed by atoms with E-state index in [-0.39, 0.29) is 25.4 Å². The molecule has 0 heterocycles. The average molecular weight is 339 g/mol. The summed E-state index contributed by atoms with van der Waals surface area (Å²) in [4.78, 5) is 0. The Hall–Kier alpha value is -0.270. The van der Waals surface area contributed by atoms with Gasteiger partial charge in [0, 0.05) is 0 Å². The second-order valence-corrected chi connectivity index (χ2v) is 6.97. The van der Waals surface area contributed by atoms with Gasteiger partial charge in [-0.25, -0.2) is 0 Å². The third kappa shape index (κ3) is 3.64. The molecule has 0 saturated carbocycles. The van der Waals surface area contributed by atoms with Gasteiger partial charge in [-0.3, -0.25) is 0 Å². The Morgan fingerprint density at radius 3 is 2.62 bits per heavy atom. The van der Waals surface area contributed by atoms with E-state index in [9.17, 15) is 0 Å². The predicted octanol–water partition coefficient (Wildman–Crippen LogP) is -2.25. The van der Waals surface area contributed by atoms with Crippen LogP contribution in [0, 0.1) is 5.92 Å². The molecule has 0 aliphatic heterocycles. The fourth-order valence-corrected chi connectivity index (χ4v) is 3.60. The summed E-state index contributed by atoms with van der Waals surface area (Å²) in [6, 6.07) is 0. The molecular weight excluding hydrogens is 319 g/mol. The SMILES string of the molecule is COC1=C[C@H](C[I-]C(N)N)CC(C)=C1OC. The molecule has 1 atom stereocenters. The molecule has 0 radical (unpaired) electrons. The van der Waals surface area contributed by atoms with Crippen LogP contribution in [0.4, 0.5) is 0 Å². The Labute approximate surface area is 107 Å². The predicted molar refractivity (Wildman–Crippen MR) is 59.9 cm³/mol. The van der Waals surface area contributed by atoms with Gasteiger partial charge in [-0.05, 0) is 0 Å². The molecule has 1 aliphatic carbocycles. The number of rotatable bonds is 5. The Morgan fingerprint density at radius 2 is 2.12 bits per heavy atom. The zero-order valence-corrected chi connectivity index (χ0v) is 12.2. The van der Waals surface area contributed by atoms with Gasteiger partial charge in [0.2, 0.25) is 0 Å². The first-order chi connectivity index (χ1) is 7.58. The topological polar surface area (TPSA) is 70.5 Å². The maximum atomic E-state index is 5.60. The third-order valence-corrected chi connectivity index (χ3v) is 5.11. The van der Waals surface area contributed by atoms with Crippen molar-refractivity contribution in [3.63, 3.8) is 0 Å². The summed E-state index contributed by atoms with van der Waals surface area (Å²) in [5.41, 5.74) is 12.4. The van der Waals surface area contributed by atoms with Crippen molar-refractivity contribution in [1.82, 2.24) is 0 Å². The number of hydrogen-bond acceptors (Lipinski definition) is 4. The van der Waals surface area contributed by atoms with Crippen LogP contribution in [0.3, 0.4) is 0 Å². The Bertz CT molecular complexity index is 300. The minimum absolute atomic E-state index is 0.119. The molecule has 0 aromatic rings. The molecule has 0 saturated heterocycles. The van der Waals surface area contributed by atoms with Crippen LogP contribution in [-0.4, -0.2) is 22.8 Å². The van der Waals surface area contributed by atoms with Crippen molar-refractivity contribution in [2.24, 2.45) is 17.4 Å². The van der Waals surface area contributed by atoms with Crippen molar-refractivity contribution >= 4 is 0 Å². The molecule has 1 rings (SSSR count). The molecular formula is C11H20IN2O2-. The van der Waals surface area contributed by atoms with Crippen LogP contribution in [0.1, 0.15) is 13.3 Å². The van der Waals surface area contributed by atoms with E-state index in [1.54, 1.807) is 14.2 Å². The molecule has 0 unspecified atom stereocenters. The molecule has 0 aromatic heterocycles. The first kappa shape index (κ1) is 13.8. The summed E-state index contributed by atoms with van der Waals surface area (Å²) in [5.74, 6) is 2.20. The van der Waals surface area contributed by atoms with Crippen LogP contribution in [-0.2, 0) is 9.47 Å². The maximum absolute atomic E-state index is 5.60. The van der Waals surface area contributed by atoms with Gasteiger partial charge in [-0.2, -0.15) is 0 Å². The number of halogens is 1. The van der Waals surface area contributed by atoms with Gasteiger partial charge in [0.15, 0.2) is 0 Å². The van der Waals surface area contributed by atoms with Gasteiger partial charge < -0.3 is 0 Å². The van der Waals surface area contributed by atoms with E-state index in [1.807, 2.05) is 0 Å². The number of nitrogens with two attached hydrogens (primary N) is 2. The molecule has 5 heteroatoms. The third-order valence-electron chi connectivity index (χ3n) is 2.46. The summed E-state index contributed by atoms with van der Waals surface area (Å²) in [6.07, 6.45) is 3.15. The van der Waals surface area contributed by atoms with Gasteiger partial charge in [0.05, 0.1) is 0 Å². The minimum atomic E-state index is -0.131. The van der Waals surface area contributed by atoms with Crippen LogP contribution in [0.15, 0.2) is 23.2 Å². The number of alkyl halides is 2. The van der Waals surface area contributed by atoms with Crippen LogP contribution >= 0.6 is 0 Å². The molecule has 4 N–H and O–H groups in total. The summed E-state index contributed by atoms with van der Waals surface area (Å²) in [7, 11) is 3.35. The first-order valence-electron chi connectivity index (χ1n) is 5.17. The second kappa shape index (κ2) is 6.46. The van der Waals surface area contributed by atoms with E-state index in [1.165, 1.54) is 5.57 Å². The van der Waals surface area contributed by atoms with E-state index in [0.717, 1.165) is 22.4 Å². The van der Waals surface area contributed by atoms with Crippen LogP contribution in [0.5, 0.6) is 0 Å². The number of hydrogen-bond donors (Lipinski definition) is 2. The molecule has 16 heavy (non-hydrogen) atoms. The number of allylic oxidation sites excluding steroid dienone is 2. The Balaban J connectivity index is 2.68. The van der Waals surface area contributed by atoms with Crippen LogP contribution in [0.25, 0.3) is 0 Å².